The third-order valence-electron chi connectivity index (χ3n) is 3.77. The van der Waals surface area contributed by atoms with Gasteiger partial charge in [-0.1, -0.05) is 46.8 Å². The van der Waals surface area contributed by atoms with Crippen LogP contribution < -0.4 is 16.2 Å². The van der Waals surface area contributed by atoms with Crippen LogP contribution in [0.5, 0.6) is 0 Å². The van der Waals surface area contributed by atoms with Crippen molar-refractivity contribution in [2.75, 3.05) is 10.6 Å². The third-order valence-corrected chi connectivity index (χ3v) is 6.00. The van der Waals surface area contributed by atoms with Crippen molar-refractivity contribution in [3.8, 4) is 0 Å². The highest BCUT2D eigenvalue weighted by Crippen LogP contribution is 2.28. The molecule has 2 amide bonds. The number of hydrogen-bond acceptors (Lipinski definition) is 7. The number of carbonyl (C=O) groups excluding carboxylic acids is 1. The van der Waals surface area contributed by atoms with Crippen LogP contribution in [0.2, 0.25) is 5.02 Å². The number of anilines is 2. The highest BCUT2D eigenvalue weighted by molar-refractivity contribution is 8.00. The van der Waals surface area contributed by atoms with Gasteiger partial charge in [-0.25, -0.2) is 14.2 Å². The number of fused-ring (bicyclic) bond motifs is 1. The summed E-state index contributed by atoms with van der Waals surface area (Å²) in [6, 6.07) is 9.96. The first kappa shape index (κ1) is 20.3. The smallest absolute Gasteiger partial charge is 0.305 e. The van der Waals surface area contributed by atoms with Crippen LogP contribution in [0.25, 0.3) is 5.65 Å². The second-order valence-corrected chi connectivity index (χ2v) is 8.52. The number of para-hydroxylation sites is 1. The van der Waals surface area contributed by atoms with Gasteiger partial charge in [0.1, 0.15) is 11.5 Å². The third kappa shape index (κ3) is 4.75. The van der Waals surface area contributed by atoms with E-state index in [1.54, 1.807) is 18.2 Å². The molecule has 0 saturated heterocycles. The lowest BCUT2D eigenvalue weighted by Crippen LogP contribution is -2.19. The average Bonchev–Trinajstić information content (AvgIpc) is 3.16. The van der Waals surface area contributed by atoms with E-state index in [0.717, 1.165) is 11.3 Å². The van der Waals surface area contributed by atoms with Crippen molar-refractivity contribution < 1.29 is 9.18 Å². The number of aromatic nitrogens is 4. The maximum atomic E-state index is 13.6. The molecule has 0 bridgehead atoms. The molecule has 0 aliphatic heterocycles. The summed E-state index contributed by atoms with van der Waals surface area (Å²) in [5.74, 6) is -0.146. The Bertz CT molecular complexity index is 1300. The normalized spacial score (nSPS) is 10.9. The molecule has 0 fully saturated rings. The number of pyridine rings is 1. The molecule has 1 aromatic carbocycles. The molecule has 0 spiro atoms. The molecule has 0 saturated carbocycles. The number of carbonyl (C=O) groups is 1. The van der Waals surface area contributed by atoms with Gasteiger partial charge in [-0.2, -0.15) is 0 Å². The molecular weight excluding hydrogens is 451 g/mol. The zero-order chi connectivity index (χ0) is 21.1. The van der Waals surface area contributed by atoms with Crippen LogP contribution in [0.1, 0.15) is 5.69 Å². The van der Waals surface area contributed by atoms with Gasteiger partial charge < -0.3 is 5.32 Å². The molecule has 30 heavy (non-hydrogen) atoms. The minimum absolute atomic E-state index is 0.0593. The van der Waals surface area contributed by atoms with Crippen molar-refractivity contribution in [3.63, 3.8) is 0 Å². The van der Waals surface area contributed by atoms with Crippen LogP contribution in [0, 0.1) is 5.82 Å². The maximum Gasteiger partial charge on any atom is 0.325 e. The summed E-state index contributed by atoms with van der Waals surface area (Å²) in [6.45, 7) is 0. The van der Waals surface area contributed by atoms with Crippen LogP contribution in [-0.2, 0) is 5.75 Å². The van der Waals surface area contributed by atoms with Crippen molar-refractivity contribution in [1.82, 2.24) is 19.6 Å². The Morgan fingerprint density at radius 3 is 2.87 bits per heavy atom. The predicted octanol–water partition coefficient (Wildman–Crippen LogP) is 4.27. The van der Waals surface area contributed by atoms with Gasteiger partial charge in [-0.05, 0) is 24.3 Å². The van der Waals surface area contributed by atoms with Gasteiger partial charge in [0, 0.05) is 18.0 Å². The van der Waals surface area contributed by atoms with E-state index in [-0.39, 0.29) is 16.4 Å². The van der Waals surface area contributed by atoms with E-state index in [1.807, 2.05) is 0 Å². The van der Waals surface area contributed by atoms with Gasteiger partial charge in [0.25, 0.3) is 5.56 Å². The van der Waals surface area contributed by atoms with Gasteiger partial charge in [0.2, 0.25) is 5.13 Å². The first-order chi connectivity index (χ1) is 14.5. The monoisotopic (exact) mass is 462 g/mol. The van der Waals surface area contributed by atoms with Gasteiger partial charge >= 0.3 is 6.03 Å². The van der Waals surface area contributed by atoms with Crippen molar-refractivity contribution in [2.24, 2.45) is 0 Å². The number of urea groups is 1. The topological polar surface area (TPSA) is 101 Å². The van der Waals surface area contributed by atoms with E-state index in [1.165, 1.54) is 46.6 Å². The molecule has 3 aromatic heterocycles. The van der Waals surface area contributed by atoms with Gasteiger partial charge in [0.05, 0.1) is 16.4 Å². The number of nitrogens with one attached hydrogen (secondary N) is 2. The number of amides is 2. The summed E-state index contributed by atoms with van der Waals surface area (Å²) >= 11 is 8.38. The fourth-order valence-electron chi connectivity index (χ4n) is 2.47. The molecule has 0 radical (unpaired) electrons. The quantitative estimate of drug-likeness (QED) is 0.339. The van der Waals surface area contributed by atoms with Crippen LogP contribution in [0.15, 0.2) is 57.8 Å². The molecule has 3 heterocycles. The van der Waals surface area contributed by atoms with Crippen molar-refractivity contribution in [2.45, 2.75) is 10.1 Å². The molecule has 152 valence electrons. The Labute approximate surface area is 182 Å². The molecule has 12 heteroatoms. The highest BCUT2D eigenvalue weighted by Gasteiger charge is 2.11. The lowest BCUT2D eigenvalue weighted by Gasteiger charge is -2.05. The number of thioether (sulfide) groups is 1. The Balaban J connectivity index is 1.38. The summed E-state index contributed by atoms with van der Waals surface area (Å²) in [5.41, 5.74) is 0.896. The van der Waals surface area contributed by atoms with E-state index >= 15 is 0 Å². The molecule has 0 aliphatic rings. The minimum Gasteiger partial charge on any atom is -0.305 e. The Morgan fingerprint density at radius 1 is 1.20 bits per heavy atom. The molecule has 0 aliphatic carbocycles. The summed E-state index contributed by atoms with van der Waals surface area (Å²) in [6.07, 6.45) is 1.51. The Morgan fingerprint density at radius 2 is 2.03 bits per heavy atom. The fourth-order valence-corrected chi connectivity index (χ4v) is 4.27. The Kier molecular flexibility index (Phi) is 5.93. The first-order valence-electron chi connectivity index (χ1n) is 8.44. The van der Waals surface area contributed by atoms with E-state index < -0.39 is 11.8 Å². The SMILES string of the molecule is O=C(Nc1nnc(SCc2cc(=O)n3cc(Cl)ccc3n2)s1)Nc1ccccc1F. The summed E-state index contributed by atoms with van der Waals surface area (Å²) in [4.78, 5) is 28.6. The lowest BCUT2D eigenvalue weighted by atomic mass is 10.3. The van der Waals surface area contributed by atoms with E-state index in [0.29, 0.717) is 26.5 Å². The van der Waals surface area contributed by atoms with Crippen LogP contribution >= 0.6 is 34.7 Å². The minimum atomic E-state index is -0.629. The molecule has 0 unspecified atom stereocenters. The predicted molar refractivity (Wildman–Crippen MR) is 115 cm³/mol. The zero-order valence-electron chi connectivity index (χ0n) is 15.0. The lowest BCUT2D eigenvalue weighted by molar-refractivity contribution is 0.262. The highest BCUT2D eigenvalue weighted by atomic mass is 35.5. The fraction of sp³-hybridized carbons (Fsp3) is 0.0556. The summed E-state index contributed by atoms with van der Waals surface area (Å²) in [5, 5.41) is 13.5. The summed E-state index contributed by atoms with van der Waals surface area (Å²) in [7, 11) is 0. The molecule has 4 aromatic rings. The zero-order valence-corrected chi connectivity index (χ0v) is 17.4. The Hall–Kier alpha value is -3.02. The second kappa shape index (κ2) is 8.78. The molecule has 4 rings (SSSR count). The van der Waals surface area contributed by atoms with Crippen LogP contribution in [-0.4, -0.2) is 25.6 Å². The number of nitrogens with zero attached hydrogens (tertiary/aromatic N) is 4. The van der Waals surface area contributed by atoms with Crippen molar-refractivity contribution >= 4 is 57.2 Å². The van der Waals surface area contributed by atoms with Gasteiger partial charge in [0.15, 0.2) is 4.34 Å². The van der Waals surface area contributed by atoms with Crippen LogP contribution in [0.4, 0.5) is 20.0 Å². The largest absolute Gasteiger partial charge is 0.325 e. The van der Waals surface area contributed by atoms with E-state index in [4.69, 9.17) is 11.6 Å². The van der Waals surface area contributed by atoms with Crippen molar-refractivity contribution in [1.29, 1.82) is 0 Å². The van der Waals surface area contributed by atoms with E-state index in [9.17, 15) is 14.0 Å². The van der Waals surface area contributed by atoms with Crippen molar-refractivity contribution in [3.05, 3.63) is 75.5 Å². The number of rotatable bonds is 5. The molecule has 0 atom stereocenters. The second-order valence-electron chi connectivity index (χ2n) is 5.88. The number of benzene rings is 1. The maximum absolute atomic E-state index is 13.6. The standard InChI is InChI=1S/C18H12ClFN6O2S2/c19-10-5-6-14-21-11(7-15(27)26(14)8-10)9-29-18-25-24-17(30-18)23-16(28)22-13-4-2-1-3-12(13)20/h1-8H,9H2,(H2,22,23,24,28). The molecule has 2 N–H and O–H groups in total. The number of hydrogen-bond donors (Lipinski definition) is 2. The summed E-state index contributed by atoms with van der Waals surface area (Å²) < 4.78 is 15.5. The molecular formula is C18H12ClFN6O2S2. The first-order valence-corrected chi connectivity index (χ1v) is 10.6. The van der Waals surface area contributed by atoms with Gasteiger partial charge in [-0.3, -0.25) is 14.5 Å². The molecule has 8 nitrogen and oxygen atoms in total. The number of halogens is 2. The van der Waals surface area contributed by atoms with E-state index in [2.05, 4.69) is 25.8 Å². The van der Waals surface area contributed by atoms with Crippen LogP contribution in [0.3, 0.4) is 0 Å². The average molecular weight is 463 g/mol. The van der Waals surface area contributed by atoms with Gasteiger partial charge in [-0.15, -0.1) is 10.2 Å².